The number of imidazole rings is 1. The lowest BCUT2D eigenvalue weighted by Crippen LogP contribution is -2.47. The Morgan fingerprint density at radius 3 is 2.83 bits per heavy atom. The molecule has 18 heavy (non-hydrogen) atoms. The first-order valence-electron chi connectivity index (χ1n) is 5.06. The molecule has 0 fully saturated rings. The van der Waals surface area contributed by atoms with E-state index < -0.39 is 18.0 Å². The molecule has 0 aliphatic rings. The molecule has 1 heterocycles. The zero-order valence-electron chi connectivity index (χ0n) is 9.44. The van der Waals surface area contributed by atoms with Gasteiger partial charge in [0.15, 0.2) is 0 Å². The van der Waals surface area contributed by atoms with Crippen LogP contribution in [0.25, 0.3) is 0 Å². The fourth-order valence-electron chi connectivity index (χ4n) is 1.20. The van der Waals surface area contributed by atoms with Crippen molar-refractivity contribution in [3.63, 3.8) is 0 Å². The van der Waals surface area contributed by atoms with Gasteiger partial charge in [-0.25, -0.2) is 14.6 Å². The number of carboxylic acids is 1. The normalized spacial score (nSPS) is 11.6. The molecule has 1 atom stereocenters. The number of hydrogen-bond acceptors (Lipinski definition) is 3. The fourth-order valence-corrected chi connectivity index (χ4v) is 1.27. The first kappa shape index (κ1) is 14.0. The number of nitrogens with zero attached hydrogens (tertiary/aromatic N) is 1. The van der Waals surface area contributed by atoms with Crippen molar-refractivity contribution in [2.75, 3.05) is 6.54 Å². The average molecular weight is 273 g/mol. The molecule has 1 aromatic heterocycles. The van der Waals surface area contributed by atoms with Gasteiger partial charge in [-0.3, -0.25) is 0 Å². The molecule has 0 saturated carbocycles. The molecule has 4 N–H and O–H groups in total. The molecule has 7 nitrogen and oxygen atoms in total. The SMILES string of the molecule is C=C(Cl)CNC(=O)N[C@H](Cc1cnc[nH]1)C(=O)O. The molecule has 0 saturated heterocycles. The lowest BCUT2D eigenvalue weighted by Gasteiger charge is -2.14. The molecule has 98 valence electrons. The summed E-state index contributed by atoms with van der Waals surface area (Å²) in [4.78, 5) is 28.9. The van der Waals surface area contributed by atoms with Crippen LogP contribution in [0.4, 0.5) is 4.79 Å². The highest BCUT2D eigenvalue weighted by atomic mass is 35.5. The van der Waals surface area contributed by atoms with E-state index in [1.54, 1.807) is 0 Å². The molecule has 0 aromatic carbocycles. The Balaban J connectivity index is 2.50. The summed E-state index contributed by atoms with van der Waals surface area (Å²) in [7, 11) is 0. The zero-order chi connectivity index (χ0) is 13.5. The van der Waals surface area contributed by atoms with Crippen LogP contribution in [0.5, 0.6) is 0 Å². The topological polar surface area (TPSA) is 107 Å². The molecular formula is C10H13ClN4O3. The van der Waals surface area contributed by atoms with Gasteiger partial charge in [0.25, 0.3) is 0 Å². The van der Waals surface area contributed by atoms with Gasteiger partial charge in [0.2, 0.25) is 0 Å². The number of halogens is 1. The quantitative estimate of drug-likeness (QED) is 0.603. The van der Waals surface area contributed by atoms with Crippen molar-refractivity contribution >= 4 is 23.6 Å². The lowest BCUT2D eigenvalue weighted by molar-refractivity contribution is -0.139. The Hall–Kier alpha value is -2.02. The third-order valence-corrected chi connectivity index (χ3v) is 2.16. The van der Waals surface area contributed by atoms with Crippen LogP contribution in [-0.2, 0) is 11.2 Å². The highest BCUT2D eigenvalue weighted by Gasteiger charge is 2.20. The number of carboxylic acid groups (broad SMARTS) is 1. The van der Waals surface area contributed by atoms with E-state index in [4.69, 9.17) is 16.7 Å². The number of hydrogen-bond donors (Lipinski definition) is 4. The summed E-state index contributed by atoms with van der Waals surface area (Å²) in [6, 6.07) is -1.67. The second kappa shape index (κ2) is 6.65. The van der Waals surface area contributed by atoms with Gasteiger partial charge in [-0.05, 0) is 0 Å². The number of aliphatic carboxylic acids is 1. The smallest absolute Gasteiger partial charge is 0.326 e. The number of carbonyl (C=O) groups is 2. The Morgan fingerprint density at radius 1 is 1.61 bits per heavy atom. The molecule has 0 aliphatic heterocycles. The summed E-state index contributed by atoms with van der Waals surface area (Å²) in [5, 5.41) is 13.9. The molecule has 0 aliphatic carbocycles. The van der Waals surface area contributed by atoms with Crippen LogP contribution in [-0.4, -0.2) is 39.7 Å². The number of rotatable bonds is 6. The van der Waals surface area contributed by atoms with Crippen molar-refractivity contribution < 1.29 is 14.7 Å². The van der Waals surface area contributed by atoms with E-state index in [1.807, 2.05) is 0 Å². The summed E-state index contributed by atoms with van der Waals surface area (Å²) in [5.41, 5.74) is 0.615. The molecule has 1 aromatic rings. The molecule has 0 radical (unpaired) electrons. The van der Waals surface area contributed by atoms with Crippen molar-refractivity contribution in [2.45, 2.75) is 12.5 Å². The van der Waals surface area contributed by atoms with Crippen LogP contribution in [0.15, 0.2) is 24.1 Å². The molecular weight excluding hydrogens is 260 g/mol. The minimum Gasteiger partial charge on any atom is -0.480 e. The van der Waals surface area contributed by atoms with Gasteiger partial charge >= 0.3 is 12.0 Å². The third-order valence-electron chi connectivity index (χ3n) is 2.02. The average Bonchev–Trinajstić information content (AvgIpc) is 2.78. The van der Waals surface area contributed by atoms with Crippen molar-refractivity contribution in [3.05, 3.63) is 29.8 Å². The molecule has 2 amide bonds. The van der Waals surface area contributed by atoms with E-state index in [1.165, 1.54) is 12.5 Å². The fraction of sp³-hybridized carbons (Fsp3) is 0.300. The van der Waals surface area contributed by atoms with E-state index >= 15 is 0 Å². The van der Waals surface area contributed by atoms with E-state index in [0.29, 0.717) is 5.69 Å². The highest BCUT2D eigenvalue weighted by Crippen LogP contribution is 1.99. The van der Waals surface area contributed by atoms with Crippen molar-refractivity contribution in [2.24, 2.45) is 0 Å². The van der Waals surface area contributed by atoms with Gasteiger partial charge in [0.05, 0.1) is 12.9 Å². The summed E-state index contributed by atoms with van der Waals surface area (Å²) >= 11 is 5.47. The standard InChI is InChI=1S/C10H13ClN4O3/c1-6(11)3-13-10(18)15-8(9(16)17)2-7-4-12-5-14-7/h4-5,8H,1-3H2,(H,12,14)(H,16,17)(H2,13,15,18)/t8-/m1/s1. The van der Waals surface area contributed by atoms with Gasteiger partial charge in [-0.2, -0.15) is 0 Å². The summed E-state index contributed by atoms with van der Waals surface area (Å²) in [5.74, 6) is -1.13. The maximum absolute atomic E-state index is 11.4. The van der Waals surface area contributed by atoms with Crippen LogP contribution in [0, 0.1) is 0 Å². The Bertz CT molecular complexity index is 432. The largest absolute Gasteiger partial charge is 0.480 e. The van der Waals surface area contributed by atoms with Gasteiger partial charge in [0.1, 0.15) is 6.04 Å². The van der Waals surface area contributed by atoms with Crippen LogP contribution in [0.1, 0.15) is 5.69 Å². The predicted molar refractivity (Wildman–Crippen MR) is 65.2 cm³/mol. The minimum absolute atomic E-state index is 0.0732. The van der Waals surface area contributed by atoms with Crippen molar-refractivity contribution in [1.82, 2.24) is 20.6 Å². The Labute approximate surface area is 108 Å². The molecule has 0 unspecified atom stereocenters. The van der Waals surface area contributed by atoms with Crippen LogP contribution >= 0.6 is 11.6 Å². The monoisotopic (exact) mass is 272 g/mol. The van der Waals surface area contributed by atoms with Crippen LogP contribution in [0.2, 0.25) is 0 Å². The number of carbonyl (C=O) groups excluding carboxylic acids is 1. The lowest BCUT2D eigenvalue weighted by atomic mass is 10.2. The Morgan fingerprint density at radius 2 is 2.33 bits per heavy atom. The zero-order valence-corrected chi connectivity index (χ0v) is 10.2. The van der Waals surface area contributed by atoms with E-state index in [2.05, 4.69) is 27.2 Å². The molecule has 0 spiro atoms. The second-order valence-corrected chi connectivity index (χ2v) is 4.05. The first-order valence-corrected chi connectivity index (χ1v) is 5.44. The van der Waals surface area contributed by atoms with Gasteiger partial charge in [-0.1, -0.05) is 18.2 Å². The van der Waals surface area contributed by atoms with Gasteiger partial charge < -0.3 is 20.7 Å². The van der Waals surface area contributed by atoms with E-state index in [0.717, 1.165) is 0 Å². The number of urea groups is 1. The maximum atomic E-state index is 11.4. The molecule has 8 heteroatoms. The van der Waals surface area contributed by atoms with E-state index in [-0.39, 0.29) is 18.0 Å². The summed E-state index contributed by atoms with van der Waals surface area (Å²) < 4.78 is 0. The number of amides is 2. The number of aromatic amines is 1. The van der Waals surface area contributed by atoms with Crippen LogP contribution < -0.4 is 10.6 Å². The predicted octanol–water partition coefficient (Wildman–Crippen LogP) is 0.457. The number of nitrogens with one attached hydrogen (secondary N) is 3. The van der Waals surface area contributed by atoms with Gasteiger partial charge in [0, 0.05) is 23.3 Å². The van der Waals surface area contributed by atoms with E-state index in [9.17, 15) is 9.59 Å². The number of H-pyrrole nitrogens is 1. The minimum atomic E-state index is -1.13. The molecule has 0 bridgehead atoms. The number of aromatic nitrogens is 2. The maximum Gasteiger partial charge on any atom is 0.326 e. The summed E-state index contributed by atoms with van der Waals surface area (Å²) in [6.07, 6.45) is 3.05. The van der Waals surface area contributed by atoms with Gasteiger partial charge in [-0.15, -0.1) is 0 Å². The Kier molecular flexibility index (Phi) is 5.19. The molecule has 1 rings (SSSR count). The van der Waals surface area contributed by atoms with Crippen LogP contribution in [0.3, 0.4) is 0 Å². The van der Waals surface area contributed by atoms with Crippen molar-refractivity contribution in [3.8, 4) is 0 Å². The summed E-state index contributed by atoms with van der Waals surface area (Å²) in [6.45, 7) is 3.47. The highest BCUT2D eigenvalue weighted by molar-refractivity contribution is 6.29. The first-order chi connectivity index (χ1) is 8.49. The third kappa shape index (κ3) is 4.88. The second-order valence-electron chi connectivity index (χ2n) is 3.52. The van der Waals surface area contributed by atoms with Crippen molar-refractivity contribution in [1.29, 1.82) is 0 Å².